The van der Waals surface area contributed by atoms with Crippen LogP contribution < -0.4 is 4.90 Å². The molecule has 2 rings (SSSR count). The SMILES string of the molecule is CC.CC.CC.CN1CCCc2ccccc21.CO.FF. The van der Waals surface area contributed by atoms with E-state index in [9.17, 15) is 0 Å². The van der Waals surface area contributed by atoms with E-state index in [1.165, 1.54) is 30.6 Å². The molecule has 0 bridgehead atoms. The van der Waals surface area contributed by atoms with E-state index < -0.39 is 0 Å². The number of para-hydroxylation sites is 1. The van der Waals surface area contributed by atoms with E-state index in [0.29, 0.717) is 0 Å². The molecule has 0 spiro atoms. The summed E-state index contributed by atoms with van der Waals surface area (Å²) in [4.78, 5) is 2.33. The Kier molecular flexibility index (Phi) is 36.4. The maximum Gasteiger partial charge on any atom is 0.0396 e. The Bertz CT molecular complexity index is 271. The van der Waals surface area contributed by atoms with Gasteiger partial charge in [-0.1, -0.05) is 59.7 Å². The number of anilines is 1. The van der Waals surface area contributed by atoms with E-state index in [-0.39, 0.29) is 0 Å². The van der Waals surface area contributed by atoms with Gasteiger partial charge in [0.15, 0.2) is 0 Å². The van der Waals surface area contributed by atoms with Crippen molar-refractivity contribution in [3.63, 3.8) is 0 Å². The lowest BCUT2D eigenvalue weighted by Crippen LogP contribution is -2.24. The van der Waals surface area contributed by atoms with Gasteiger partial charge in [0.25, 0.3) is 0 Å². The van der Waals surface area contributed by atoms with Crippen molar-refractivity contribution >= 4 is 5.69 Å². The van der Waals surface area contributed by atoms with Gasteiger partial charge in [-0.25, -0.2) is 0 Å². The van der Waals surface area contributed by atoms with E-state index in [1.807, 2.05) is 41.5 Å². The highest BCUT2D eigenvalue weighted by molar-refractivity contribution is 5.54. The number of fused-ring (bicyclic) bond motifs is 1. The average Bonchev–Trinajstić information content (AvgIpc) is 2.64. The number of hydrogen-bond donors (Lipinski definition) is 1. The largest absolute Gasteiger partial charge is 0.400 e. The molecule has 4 heteroatoms. The molecule has 0 saturated heterocycles. The number of aliphatic hydroxyl groups is 1. The van der Waals surface area contributed by atoms with Gasteiger partial charge in [-0.2, -0.15) is 0 Å². The number of benzene rings is 1. The molecular formula is C17H35F2NO. The Morgan fingerprint density at radius 3 is 1.76 bits per heavy atom. The third-order valence-electron chi connectivity index (χ3n) is 2.34. The minimum absolute atomic E-state index is 1.00. The van der Waals surface area contributed by atoms with Gasteiger partial charge in [0.2, 0.25) is 0 Å². The first-order valence-corrected chi connectivity index (χ1v) is 7.76. The van der Waals surface area contributed by atoms with Gasteiger partial charge in [0, 0.05) is 35.5 Å². The molecule has 0 aliphatic carbocycles. The van der Waals surface area contributed by atoms with Crippen LogP contribution >= 0.6 is 0 Å². The summed E-state index contributed by atoms with van der Waals surface area (Å²) >= 11 is 0. The van der Waals surface area contributed by atoms with Crippen molar-refractivity contribution in [1.82, 2.24) is 0 Å². The van der Waals surface area contributed by atoms with Crippen LogP contribution in [-0.2, 0) is 6.42 Å². The Morgan fingerprint density at radius 2 is 1.33 bits per heavy atom. The fraction of sp³-hybridized carbons (Fsp3) is 0.647. The third-order valence-corrected chi connectivity index (χ3v) is 2.34. The summed E-state index contributed by atoms with van der Waals surface area (Å²) in [7, 11) is 3.16. The summed E-state index contributed by atoms with van der Waals surface area (Å²) in [6.07, 6.45) is 2.55. The van der Waals surface area contributed by atoms with Crippen molar-refractivity contribution in [3.8, 4) is 0 Å². The molecule has 1 N–H and O–H groups in total. The predicted molar refractivity (Wildman–Crippen MR) is 92.4 cm³/mol. The first-order valence-electron chi connectivity index (χ1n) is 7.76. The molecule has 0 radical (unpaired) electrons. The standard InChI is InChI=1S/C10H13N.3C2H6.CH4O.F2/c1-11-8-4-6-9-5-2-3-7-10(9)11;5*1-2/h2-3,5,7H,4,6,8H2,1H3;3*1-2H3;2H,1H3;. The molecule has 0 saturated carbocycles. The van der Waals surface area contributed by atoms with Crippen molar-refractivity contribution in [1.29, 1.82) is 0 Å². The Hall–Kier alpha value is -1.16. The fourth-order valence-electron chi connectivity index (χ4n) is 1.72. The zero-order valence-electron chi connectivity index (χ0n) is 15.1. The van der Waals surface area contributed by atoms with Gasteiger partial charge in [-0.15, -0.1) is 0 Å². The zero-order chi connectivity index (χ0) is 17.7. The summed E-state index contributed by atoms with van der Waals surface area (Å²) in [5.74, 6) is 0. The van der Waals surface area contributed by atoms with Crippen molar-refractivity contribution in [3.05, 3.63) is 29.8 Å². The van der Waals surface area contributed by atoms with Gasteiger partial charge in [0.05, 0.1) is 0 Å². The monoisotopic (exact) mass is 307 g/mol. The van der Waals surface area contributed by atoms with Crippen LogP contribution in [0.1, 0.15) is 53.5 Å². The zero-order valence-corrected chi connectivity index (χ0v) is 15.1. The van der Waals surface area contributed by atoms with Crippen LogP contribution in [-0.4, -0.2) is 25.8 Å². The second-order valence-corrected chi connectivity index (χ2v) is 3.15. The number of rotatable bonds is 0. The summed E-state index contributed by atoms with van der Waals surface area (Å²) in [5, 5.41) is 7.00. The quantitative estimate of drug-likeness (QED) is 0.674. The van der Waals surface area contributed by atoms with Gasteiger partial charge in [-0.05, 0) is 24.5 Å². The predicted octanol–water partition coefficient (Wildman–Crippen LogP) is 5.60. The highest BCUT2D eigenvalue weighted by Crippen LogP contribution is 2.24. The lowest BCUT2D eigenvalue weighted by molar-refractivity contribution is 0.108. The average molecular weight is 307 g/mol. The van der Waals surface area contributed by atoms with Crippen LogP contribution in [0.2, 0.25) is 0 Å². The minimum Gasteiger partial charge on any atom is -0.400 e. The maximum absolute atomic E-state index is 8.00. The van der Waals surface area contributed by atoms with E-state index in [1.54, 1.807) is 0 Å². The van der Waals surface area contributed by atoms with Gasteiger partial charge in [-0.3, -0.25) is 0 Å². The topological polar surface area (TPSA) is 23.5 Å². The Labute approximate surface area is 130 Å². The third kappa shape index (κ3) is 13.6. The number of aliphatic hydroxyl groups excluding tert-OH is 1. The van der Waals surface area contributed by atoms with Crippen LogP contribution in [0.5, 0.6) is 0 Å². The summed E-state index contributed by atoms with van der Waals surface area (Å²) < 4.78 is 16.0. The van der Waals surface area contributed by atoms with Crippen molar-refractivity contribution < 1.29 is 14.3 Å². The molecule has 0 unspecified atom stereocenters. The van der Waals surface area contributed by atoms with E-state index in [4.69, 9.17) is 14.3 Å². The molecule has 2 nitrogen and oxygen atoms in total. The number of halogens is 2. The Morgan fingerprint density at radius 1 is 0.905 bits per heavy atom. The summed E-state index contributed by atoms with van der Waals surface area (Å²) in [6.45, 7) is 13.2. The van der Waals surface area contributed by atoms with Crippen molar-refractivity contribution in [2.24, 2.45) is 0 Å². The molecule has 1 heterocycles. The molecule has 1 aromatic rings. The van der Waals surface area contributed by atoms with E-state index in [0.717, 1.165) is 7.11 Å². The molecule has 1 aromatic carbocycles. The molecule has 0 fully saturated rings. The van der Waals surface area contributed by atoms with E-state index >= 15 is 0 Å². The molecule has 0 atom stereocenters. The van der Waals surface area contributed by atoms with Crippen LogP contribution in [0, 0.1) is 0 Å². The fourth-order valence-corrected chi connectivity index (χ4v) is 1.72. The smallest absolute Gasteiger partial charge is 0.0396 e. The lowest BCUT2D eigenvalue weighted by atomic mass is 10.0. The van der Waals surface area contributed by atoms with Crippen LogP contribution in [0.15, 0.2) is 24.3 Å². The molecule has 128 valence electrons. The first kappa shape index (κ1) is 28.1. The highest BCUT2D eigenvalue weighted by Gasteiger charge is 2.11. The first-order chi connectivity index (χ1) is 10.4. The van der Waals surface area contributed by atoms with Crippen LogP contribution in [0.3, 0.4) is 0 Å². The highest BCUT2D eigenvalue weighted by atomic mass is 20.0. The van der Waals surface area contributed by atoms with Crippen molar-refractivity contribution in [2.75, 3.05) is 25.6 Å². The van der Waals surface area contributed by atoms with Crippen LogP contribution in [0.25, 0.3) is 0 Å². The summed E-state index contributed by atoms with van der Waals surface area (Å²) in [6, 6.07) is 8.66. The second-order valence-electron chi connectivity index (χ2n) is 3.15. The summed E-state index contributed by atoms with van der Waals surface area (Å²) in [5.41, 5.74) is 2.92. The molecule has 21 heavy (non-hydrogen) atoms. The molecule has 1 aliphatic heterocycles. The second kappa shape index (κ2) is 27.2. The molecule has 0 aromatic heterocycles. The van der Waals surface area contributed by atoms with Gasteiger partial charge in [0.1, 0.15) is 0 Å². The Balaban J connectivity index is -0.000000124. The number of hydrogen-bond acceptors (Lipinski definition) is 2. The number of aryl methyl sites for hydroxylation is 1. The maximum atomic E-state index is 8.00. The minimum atomic E-state index is 1.00. The van der Waals surface area contributed by atoms with Gasteiger partial charge >= 0.3 is 0 Å². The normalized spacial score (nSPS) is 9.95. The molecule has 1 aliphatic rings. The number of nitrogens with zero attached hydrogens (tertiary/aromatic N) is 1. The molecular weight excluding hydrogens is 272 g/mol. The van der Waals surface area contributed by atoms with Crippen LogP contribution in [0.4, 0.5) is 14.8 Å². The van der Waals surface area contributed by atoms with E-state index in [2.05, 4.69) is 36.2 Å². The van der Waals surface area contributed by atoms with Crippen molar-refractivity contribution in [2.45, 2.75) is 54.4 Å². The lowest BCUT2D eigenvalue weighted by Gasteiger charge is -2.26. The molecule has 0 amide bonds. The van der Waals surface area contributed by atoms with Gasteiger partial charge < -0.3 is 10.0 Å².